The summed E-state index contributed by atoms with van der Waals surface area (Å²) in [5, 5.41) is 27.4. The number of fused-ring (bicyclic) bond motifs is 2. The van der Waals surface area contributed by atoms with E-state index in [4.69, 9.17) is 0 Å². The van der Waals surface area contributed by atoms with E-state index in [0.29, 0.717) is 28.9 Å². The minimum Gasteiger partial charge on any atom is -0.394 e. The normalized spacial score (nSPS) is 20.7. The summed E-state index contributed by atoms with van der Waals surface area (Å²) in [6.07, 6.45) is 6.74. The molecule has 43 heavy (non-hydrogen) atoms. The molecule has 2 aliphatic heterocycles. The number of hydrogen-bond acceptors (Lipinski definition) is 6. The fourth-order valence-electron chi connectivity index (χ4n) is 6.25. The molecule has 2 N–H and O–H groups in total. The number of nitrogens with zero attached hydrogens (tertiary/aromatic N) is 4. The molecule has 4 aromatic rings. The second-order valence-electron chi connectivity index (χ2n) is 11.3. The van der Waals surface area contributed by atoms with Crippen molar-refractivity contribution < 1.29 is 19.8 Å². The molecule has 9 nitrogen and oxygen atoms in total. The number of carbonyl (C=O) groups excluding carboxylic acids is 2. The molecule has 2 aliphatic rings. The van der Waals surface area contributed by atoms with Crippen molar-refractivity contribution in [3.63, 3.8) is 0 Å². The Balaban J connectivity index is 1.36. The Morgan fingerprint density at radius 2 is 1.86 bits per heavy atom. The van der Waals surface area contributed by atoms with Crippen LogP contribution in [-0.2, 0) is 21.7 Å². The van der Waals surface area contributed by atoms with Gasteiger partial charge in [0.15, 0.2) is 5.60 Å². The zero-order valence-electron chi connectivity index (χ0n) is 24.0. The van der Waals surface area contributed by atoms with Crippen LogP contribution in [-0.4, -0.2) is 55.9 Å². The lowest BCUT2D eigenvalue weighted by Gasteiger charge is -2.28. The van der Waals surface area contributed by atoms with Crippen LogP contribution in [0, 0.1) is 5.92 Å². The van der Waals surface area contributed by atoms with Crippen molar-refractivity contribution in [1.29, 1.82) is 0 Å². The van der Waals surface area contributed by atoms with Crippen molar-refractivity contribution in [3.05, 3.63) is 113 Å². The number of rotatable bonds is 8. The first-order chi connectivity index (χ1) is 20.8. The topological polar surface area (TPSA) is 116 Å². The molecule has 0 bridgehead atoms. The van der Waals surface area contributed by atoms with Crippen LogP contribution in [0.1, 0.15) is 37.3 Å². The summed E-state index contributed by atoms with van der Waals surface area (Å²) in [4.78, 5) is 43.5. The number of likely N-dealkylation sites (tertiary alicyclic amines) is 1. The Morgan fingerprint density at radius 1 is 1.09 bits per heavy atom. The summed E-state index contributed by atoms with van der Waals surface area (Å²) in [7, 11) is 0. The Bertz CT molecular complexity index is 1770. The first kappa shape index (κ1) is 28.5. The summed E-state index contributed by atoms with van der Waals surface area (Å²) in [5.74, 6) is -1.28. The molecular weight excluding hydrogens is 544 g/mol. The minimum absolute atomic E-state index is 0.0639. The number of aliphatic hydroxyl groups is 2. The number of aliphatic hydroxyl groups excluding tert-OH is 1. The van der Waals surface area contributed by atoms with E-state index in [1.54, 1.807) is 65.4 Å². The quantitative estimate of drug-likeness (QED) is 0.308. The van der Waals surface area contributed by atoms with Gasteiger partial charge in [0.2, 0.25) is 5.91 Å². The van der Waals surface area contributed by atoms with Crippen LogP contribution < -0.4 is 10.5 Å². The van der Waals surface area contributed by atoms with Crippen molar-refractivity contribution in [2.24, 2.45) is 5.92 Å². The largest absolute Gasteiger partial charge is 0.394 e. The molecule has 2 amide bonds. The van der Waals surface area contributed by atoms with Gasteiger partial charge in [-0.15, -0.1) is 0 Å². The highest BCUT2D eigenvalue weighted by molar-refractivity contribution is 6.07. The van der Waals surface area contributed by atoms with Crippen molar-refractivity contribution in [2.45, 2.75) is 44.4 Å². The maximum atomic E-state index is 14.1. The number of benzene rings is 3. The predicted molar refractivity (Wildman–Crippen MR) is 164 cm³/mol. The van der Waals surface area contributed by atoms with Gasteiger partial charge in [-0.05, 0) is 42.7 Å². The van der Waals surface area contributed by atoms with Gasteiger partial charge in [-0.2, -0.15) is 9.78 Å². The first-order valence-electron chi connectivity index (χ1n) is 14.6. The third-order valence-electron chi connectivity index (χ3n) is 8.66. The molecule has 1 aromatic heterocycles. The molecule has 3 aromatic carbocycles. The van der Waals surface area contributed by atoms with Crippen LogP contribution in [0.3, 0.4) is 0 Å². The second-order valence-corrected chi connectivity index (χ2v) is 11.3. The Morgan fingerprint density at radius 3 is 2.65 bits per heavy atom. The number of anilines is 1. The van der Waals surface area contributed by atoms with Gasteiger partial charge in [-0.1, -0.05) is 67.6 Å². The van der Waals surface area contributed by atoms with Crippen LogP contribution in [0.2, 0.25) is 0 Å². The molecule has 220 valence electrons. The van der Waals surface area contributed by atoms with Crippen LogP contribution in [0.4, 0.5) is 5.69 Å². The maximum absolute atomic E-state index is 14.1. The zero-order valence-corrected chi connectivity index (χ0v) is 24.0. The molecule has 3 heterocycles. The fraction of sp³-hybridized carbons (Fsp3) is 0.294. The van der Waals surface area contributed by atoms with Crippen molar-refractivity contribution in [3.8, 4) is 5.69 Å². The molecule has 9 heteroatoms. The van der Waals surface area contributed by atoms with Gasteiger partial charge in [0, 0.05) is 29.8 Å². The van der Waals surface area contributed by atoms with Gasteiger partial charge in [0.1, 0.15) is 0 Å². The average molecular weight is 579 g/mol. The summed E-state index contributed by atoms with van der Waals surface area (Å²) in [6, 6.07) is 21.7. The number of carbonyl (C=O) groups is 2. The van der Waals surface area contributed by atoms with Crippen molar-refractivity contribution >= 4 is 28.3 Å². The van der Waals surface area contributed by atoms with Gasteiger partial charge >= 0.3 is 0 Å². The summed E-state index contributed by atoms with van der Waals surface area (Å²) < 4.78 is 1.28. The van der Waals surface area contributed by atoms with E-state index in [2.05, 4.69) is 5.10 Å². The third kappa shape index (κ3) is 5.04. The molecule has 1 saturated heterocycles. The molecule has 6 rings (SSSR count). The Kier molecular flexibility index (Phi) is 7.68. The van der Waals surface area contributed by atoms with Crippen molar-refractivity contribution in [1.82, 2.24) is 14.7 Å². The molecule has 0 unspecified atom stereocenters. The third-order valence-corrected chi connectivity index (χ3v) is 8.66. The molecule has 3 atom stereocenters. The molecule has 0 spiro atoms. The van der Waals surface area contributed by atoms with Gasteiger partial charge in [0.25, 0.3) is 11.5 Å². The van der Waals surface area contributed by atoms with E-state index in [1.807, 2.05) is 42.5 Å². The highest BCUT2D eigenvalue weighted by atomic mass is 16.3. The fourth-order valence-corrected chi connectivity index (χ4v) is 6.25. The highest BCUT2D eigenvalue weighted by Crippen LogP contribution is 2.46. The standard InChI is InChI=1S/C34H34N4O5/c1-23(9-7-15-31(40)36-18-8-13-27(36)22-39)34(43)29-19-26(38-32(41)28-14-6-5-12-25(28)20-35-38)16-17-30(29)37(33(34)42)21-24-10-3-2-4-11-24/h2-7,9-12,14,16-17,19-20,23,27,39,43H,8,13,15,18,21-22H2,1H3/b9-7+/t23-,27+,34+/m1/s1. The summed E-state index contributed by atoms with van der Waals surface area (Å²) >= 11 is 0. The monoisotopic (exact) mass is 578 g/mol. The lowest BCUT2D eigenvalue weighted by molar-refractivity contribution is -0.139. The lowest BCUT2D eigenvalue weighted by atomic mass is 9.82. The van der Waals surface area contributed by atoms with Gasteiger partial charge in [-0.25, -0.2) is 0 Å². The average Bonchev–Trinajstić information content (AvgIpc) is 3.60. The van der Waals surface area contributed by atoms with E-state index in [0.717, 1.165) is 23.8 Å². The second kappa shape index (κ2) is 11.6. The van der Waals surface area contributed by atoms with Gasteiger partial charge in [-0.3, -0.25) is 14.4 Å². The van der Waals surface area contributed by atoms with Gasteiger partial charge < -0.3 is 20.0 Å². The molecule has 0 aliphatic carbocycles. The number of hydrogen-bond donors (Lipinski definition) is 2. The van der Waals surface area contributed by atoms with E-state index < -0.39 is 17.4 Å². The first-order valence-corrected chi connectivity index (χ1v) is 14.6. The zero-order chi connectivity index (χ0) is 30.1. The van der Waals surface area contributed by atoms with E-state index in [1.165, 1.54) is 4.68 Å². The maximum Gasteiger partial charge on any atom is 0.279 e. The molecular formula is C34H34N4O5. The van der Waals surface area contributed by atoms with Crippen LogP contribution in [0.5, 0.6) is 0 Å². The minimum atomic E-state index is -1.94. The van der Waals surface area contributed by atoms with Gasteiger partial charge in [0.05, 0.1) is 42.2 Å². The van der Waals surface area contributed by atoms with E-state index in [-0.39, 0.29) is 37.1 Å². The molecule has 0 saturated carbocycles. The van der Waals surface area contributed by atoms with Crippen molar-refractivity contribution in [2.75, 3.05) is 18.1 Å². The summed E-state index contributed by atoms with van der Waals surface area (Å²) in [5.41, 5.74) is 0.00509. The van der Waals surface area contributed by atoms with E-state index in [9.17, 15) is 24.6 Å². The molecule has 0 radical (unpaired) electrons. The summed E-state index contributed by atoms with van der Waals surface area (Å²) in [6.45, 7) is 2.55. The van der Waals surface area contributed by atoms with E-state index >= 15 is 0 Å². The van der Waals surface area contributed by atoms with Crippen LogP contribution in [0.15, 0.2) is 95.9 Å². The molecule has 1 fully saturated rings. The Labute approximate surface area is 249 Å². The van der Waals surface area contributed by atoms with Crippen LogP contribution >= 0.6 is 0 Å². The number of amides is 2. The smallest absolute Gasteiger partial charge is 0.279 e. The predicted octanol–water partition coefficient (Wildman–Crippen LogP) is 3.69. The lowest BCUT2D eigenvalue weighted by Crippen LogP contribution is -2.44. The SMILES string of the molecule is C[C@H](/C=C/CC(=O)N1CCC[C@H]1CO)[C@@]1(O)C(=O)N(Cc2ccccc2)c2ccc(-n3ncc4ccccc4c3=O)cc21. The Hall–Kier alpha value is -4.60. The highest BCUT2D eigenvalue weighted by Gasteiger charge is 2.52. The van der Waals surface area contributed by atoms with Crippen LogP contribution in [0.25, 0.3) is 16.5 Å². The number of aromatic nitrogens is 2.